The van der Waals surface area contributed by atoms with E-state index < -0.39 is 19.0 Å². The first-order valence-electron chi connectivity index (χ1n) is 11.3. The Hall–Kier alpha value is -2.67. The summed E-state index contributed by atoms with van der Waals surface area (Å²) in [6, 6.07) is 17.0. The third-order valence-corrected chi connectivity index (χ3v) is 6.63. The van der Waals surface area contributed by atoms with E-state index in [9.17, 15) is 9.59 Å². The van der Waals surface area contributed by atoms with Crippen molar-refractivity contribution in [3.05, 3.63) is 87.3 Å². The maximum Gasteiger partial charge on any atom is 0.327 e. The fraction of sp³-hybridized carbons (Fsp3) is 0.250. The van der Waals surface area contributed by atoms with Gasteiger partial charge in [0.05, 0.1) is 17.6 Å². The van der Waals surface area contributed by atoms with E-state index in [1.54, 1.807) is 30.3 Å². The lowest BCUT2D eigenvalue weighted by Gasteiger charge is -2.33. The summed E-state index contributed by atoms with van der Waals surface area (Å²) < 4.78 is 32.3. The monoisotopic (exact) mass is 458 g/mol. The molecule has 0 amide bonds. The number of thiophene rings is 1. The van der Waals surface area contributed by atoms with Crippen LogP contribution >= 0.6 is 22.9 Å². The molecule has 0 fully saturated rings. The van der Waals surface area contributed by atoms with E-state index in [-0.39, 0.29) is 12.4 Å². The number of fused-ring (bicyclic) bond motifs is 1. The van der Waals surface area contributed by atoms with Gasteiger partial charge in [0.2, 0.25) is 0 Å². The summed E-state index contributed by atoms with van der Waals surface area (Å²) in [5.41, 5.74) is 2.26. The zero-order valence-electron chi connectivity index (χ0n) is 19.5. The highest BCUT2D eigenvalue weighted by atomic mass is 35.5. The Balaban J connectivity index is 1.52. The molecule has 0 N–H and O–H groups in total. The van der Waals surface area contributed by atoms with Gasteiger partial charge in [0.1, 0.15) is 6.04 Å². The minimum absolute atomic E-state index is 0.172. The van der Waals surface area contributed by atoms with Crippen molar-refractivity contribution in [2.75, 3.05) is 13.6 Å². The van der Waals surface area contributed by atoms with Crippen LogP contribution in [0.3, 0.4) is 0 Å². The number of ether oxygens (including phenoxy) is 2. The highest BCUT2D eigenvalue weighted by molar-refractivity contribution is 7.14. The Morgan fingerprint density at radius 2 is 1.97 bits per heavy atom. The minimum atomic E-state index is -2.86. The third kappa shape index (κ3) is 4.98. The second-order valence-electron chi connectivity index (χ2n) is 7.22. The first kappa shape index (κ1) is 18.0. The summed E-state index contributed by atoms with van der Waals surface area (Å²) in [5.74, 6) is -1.24. The molecule has 1 aromatic heterocycles. The van der Waals surface area contributed by atoms with Gasteiger partial charge in [-0.25, -0.2) is 4.79 Å². The maximum absolute atomic E-state index is 12.9. The summed E-state index contributed by atoms with van der Waals surface area (Å²) in [5, 5.41) is 0.841. The molecule has 2 aromatic carbocycles. The Labute approximate surface area is 194 Å². The van der Waals surface area contributed by atoms with Crippen LogP contribution in [0, 0.1) is 0 Å². The second kappa shape index (κ2) is 9.64. The molecule has 160 valence electrons. The number of halogens is 1. The molecule has 7 heteroatoms. The van der Waals surface area contributed by atoms with E-state index in [1.165, 1.54) is 11.3 Å². The topological polar surface area (TPSA) is 55.8 Å². The lowest BCUT2D eigenvalue weighted by molar-refractivity contribution is -0.147. The van der Waals surface area contributed by atoms with Crippen LogP contribution in [-0.4, -0.2) is 30.4 Å². The average molecular weight is 459 g/mol. The predicted molar refractivity (Wildman–Crippen MR) is 120 cm³/mol. The fourth-order valence-corrected chi connectivity index (χ4v) is 5.00. The molecule has 0 unspecified atom stereocenters. The number of hydrogen-bond donors (Lipinski definition) is 0. The molecule has 0 saturated heterocycles. The smallest absolute Gasteiger partial charge is 0.327 e. The number of carbonyl (C=O) groups is 2. The van der Waals surface area contributed by atoms with Crippen LogP contribution in [0.5, 0.6) is 5.06 Å². The molecule has 0 bridgehead atoms. The van der Waals surface area contributed by atoms with Gasteiger partial charge in [0, 0.05) is 23.0 Å². The molecule has 0 saturated carbocycles. The first-order chi connectivity index (χ1) is 16.2. The van der Waals surface area contributed by atoms with Crippen molar-refractivity contribution < 1.29 is 23.2 Å². The van der Waals surface area contributed by atoms with E-state index in [0.29, 0.717) is 35.2 Å². The van der Waals surface area contributed by atoms with Gasteiger partial charge in [0.25, 0.3) is 0 Å². The van der Waals surface area contributed by atoms with Gasteiger partial charge in [-0.3, -0.25) is 9.69 Å². The van der Waals surface area contributed by atoms with Gasteiger partial charge < -0.3 is 9.47 Å². The quantitative estimate of drug-likeness (QED) is 0.495. The molecule has 3 aromatic rings. The summed E-state index contributed by atoms with van der Waals surface area (Å²) in [7, 11) is -2.86. The van der Waals surface area contributed by atoms with E-state index in [2.05, 4.69) is 0 Å². The number of hydrogen-bond acceptors (Lipinski definition) is 6. The third-order valence-electron chi connectivity index (χ3n) is 5.17. The molecule has 1 atom stereocenters. The lowest BCUT2D eigenvalue weighted by Crippen LogP contribution is -2.38. The largest absolute Gasteiger partial charge is 0.468 e. The number of carbonyl (C=O) groups excluding carboxylic acids is 2. The van der Waals surface area contributed by atoms with E-state index in [4.69, 9.17) is 25.2 Å². The van der Waals surface area contributed by atoms with Gasteiger partial charge >= 0.3 is 11.9 Å². The molecular weight excluding hydrogens is 434 g/mol. The molecule has 0 radical (unpaired) electrons. The highest BCUT2D eigenvalue weighted by Crippen LogP contribution is 2.37. The molecule has 0 spiro atoms. The van der Waals surface area contributed by atoms with Crippen molar-refractivity contribution in [1.82, 2.24) is 4.90 Å². The Morgan fingerprint density at radius 3 is 2.74 bits per heavy atom. The van der Waals surface area contributed by atoms with E-state index in [0.717, 1.165) is 16.0 Å². The van der Waals surface area contributed by atoms with Crippen LogP contribution in [0.2, 0.25) is 5.02 Å². The maximum atomic E-state index is 12.9. The summed E-state index contributed by atoms with van der Waals surface area (Å²) >= 11 is 7.75. The number of benzene rings is 2. The molecule has 1 aliphatic heterocycles. The van der Waals surface area contributed by atoms with Crippen molar-refractivity contribution in [2.24, 2.45) is 0 Å². The molecule has 4 rings (SSSR count). The van der Waals surface area contributed by atoms with Crippen molar-refractivity contribution in [3.8, 4) is 5.06 Å². The summed E-state index contributed by atoms with van der Waals surface area (Å²) in [6.07, 6.45) is 0.781. The van der Waals surface area contributed by atoms with Crippen LogP contribution in [0.15, 0.2) is 60.7 Å². The summed E-state index contributed by atoms with van der Waals surface area (Å²) in [4.78, 5) is 28.1. The first-order valence-corrected chi connectivity index (χ1v) is 11.0. The van der Waals surface area contributed by atoms with Crippen molar-refractivity contribution in [1.29, 1.82) is 0 Å². The molecular formula is C24H22ClNO4S. The van der Waals surface area contributed by atoms with Crippen molar-refractivity contribution >= 4 is 34.9 Å². The van der Waals surface area contributed by atoms with Gasteiger partial charge in [-0.1, -0.05) is 60.1 Å². The van der Waals surface area contributed by atoms with Crippen LogP contribution in [0.25, 0.3) is 0 Å². The van der Waals surface area contributed by atoms with E-state index >= 15 is 0 Å². The Bertz CT molecular complexity index is 1180. The number of esters is 2. The van der Waals surface area contributed by atoms with Gasteiger partial charge in [-0.05, 0) is 35.2 Å². The average Bonchev–Trinajstić information content (AvgIpc) is 3.16. The number of rotatable bonds is 6. The minimum Gasteiger partial charge on any atom is -0.468 e. The highest BCUT2D eigenvalue weighted by Gasteiger charge is 2.33. The molecule has 31 heavy (non-hydrogen) atoms. The van der Waals surface area contributed by atoms with Crippen LogP contribution in [0.1, 0.15) is 31.7 Å². The number of methoxy groups -OCH3 is 1. The van der Waals surface area contributed by atoms with Crippen LogP contribution in [-0.2, 0) is 33.7 Å². The molecule has 2 heterocycles. The van der Waals surface area contributed by atoms with Gasteiger partial charge in [-0.2, -0.15) is 0 Å². The standard InChI is InChI=1S/C24H22ClNO4S/c1-29-24(28)23(18-9-5-6-10-19(18)25)26-12-11-20-17(15-26)14-22(31-20)30-21(27)13-16-7-3-2-4-8-16/h2-10,14,23H,11-13,15H2,1H3/t23-/m0/s1/i1D3. The summed E-state index contributed by atoms with van der Waals surface area (Å²) in [6.45, 7) is 0.838. The van der Waals surface area contributed by atoms with Crippen molar-refractivity contribution in [2.45, 2.75) is 25.4 Å². The normalized spacial score (nSPS) is 16.4. The second-order valence-corrected chi connectivity index (χ2v) is 8.72. The SMILES string of the molecule is [2H]C([2H])([2H])OC(=O)[C@H](c1ccccc1Cl)N1CCc2sc(OC(=O)Cc3ccccc3)cc2C1. The molecule has 5 nitrogen and oxygen atoms in total. The Kier molecular flexibility index (Phi) is 5.58. The predicted octanol–water partition coefficient (Wildman–Crippen LogP) is 4.82. The van der Waals surface area contributed by atoms with Crippen molar-refractivity contribution in [3.63, 3.8) is 0 Å². The van der Waals surface area contributed by atoms with Gasteiger partial charge in [0.15, 0.2) is 5.06 Å². The zero-order chi connectivity index (χ0) is 24.3. The molecule has 1 aliphatic rings. The zero-order valence-corrected chi connectivity index (χ0v) is 18.1. The van der Waals surface area contributed by atoms with E-state index in [1.807, 2.05) is 35.2 Å². The van der Waals surface area contributed by atoms with Gasteiger partial charge in [-0.15, -0.1) is 11.3 Å². The fourth-order valence-electron chi connectivity index (χ4n) is 3.73. The van der Waals surface area contributed by atoms with Crippen LogP contribution in [0.4, 0.5) is 0 Å². The Morgan fingerprint density at radius 1 is 1.19 bits per heavy atom. The number of nitrogens with zero attached hydrogens (tertiary/aromatic N) is 1. The molecule has 0 aliphatic carbocycles. The van der Waals surface area contributed by atoms with Crippen LogP contribution < -0.4 is 4.74 Å². The lowest BCUT2D eigenvalue weighted by atomic mass is 10.0.